The maximum absolute atomic E-state index is 6.47. The van der Waals surface area contributed by atoms with Crippen molar-refractivity contribution in [2.45, 2.75) is 19.3 Å². The SMILES string of the molecule is CC1(C)c2ccccc2-c2c(-c3nc(-c4ccc(-c5cc6ccccc6s5)cc4)nc(-c4cccc5c4oc4ccccc45)n3)cccc21. The second-order valence-electron chi connectivity index (χ2n) is 13.2. The summed E-state index contributed by atoms with van der Waals surface area (Å²) >= 11 is 1.81. The van der Waals surface area contributed by atoms with E-state index in [1.807, 2.05) is 35.6 Å². The molecule has 10 rings (SSSR count). The van der Waals surface area contributed by atoms with E-state index in [9.17, 15) is 0 Å². The van der Waals surface area contributed by atoms with Crippen LogP contribution in [0.1, 0.15) is 25.0 Å². The summed E-state index contributed by atoms with van der Waals surface area (Å²) < 4.78 is 7.75. The van der Waals surface area contributed by atoms with Crippen LogP contribution in [0.25, 0.3) is 87.8 Å². The number of para-hydroxylation sites is 2. The van der Waals surface area contributed by atoms with Crippen LogP contribution in [-0.4, -0.2) is 15.0 Å². The Hall–Kier alpha value is -5.91. The first kappa shape index (κ1) is 28.1. The Labute approximate surface area is 287 Å². The second-order valence-corrected chi connectivity index (χ2v) is 14.3. The molecule has 0 saturated heterocycles. The van der Waals surface area contributed by atoms with E-state index in [1.54, 1.807) is 0 Å². The quantitative estimate of drug-likeness (QED) is 0.191. The van der Waals surface area contributed by atoms with Gasteiger partial charge in [0.25, 0.3) is 0 Å². The van der Waals surface area contributed by atoms with Crippen molar-refractivity contribution in [2.75, 3.05) is 0 Å². The van der Waals surface area contributed by atoms with Gasteiger partial charge in [0.15, 0.2) is 17.5 Å². The Bertz CT molecular complexity index is 2720. The summed E-state index contributed by atoms with van der Waals surface area (Å²) in [6.45, 7) is 4.60. The molecule has 6 aromatic carbocycles. The summed E-state index contributed by atoms with van der Waals surface area (Å²) in [5, 5.41) is 3.38. The molecule has 0 amide bonds. The normalized spacial score (nSPS) is 13.3. The Balaban J connectivity index is 1.18. The number of aromatic nitrogens is 3. The van der Waals surface area contributed by atoms with E-state index < -0.39 is 0 Å². The molecule has 232 valence electrons. The molecule has 49 heavy (non-hydrogen) atoms. The van der Waals surface area contributed by atoms with Crippen molar-refractivity contribution in [2.24, 2.45) is 0 Å². The molecular weight excluding hydrogens is 619 g/mol. The molecule has 0 unspecified atom stereocenters. The van der Waals surface area contributed by atoms with Crippen LogP contribution in [0.15, 0.2) is 144 Å². The van der Waals surface area contributed by atoms with Gasteiger partial charge in [-0.15, -0.1) is 11.3 Å². The molecular formula is C44H29N3OS. The van der Waals surface area contributed by atoms with Crippen LogP contribution in [0.5, 0.6) is 0 Å². The Morgan fingerprint density at radius 2 is 1.16 bits per heavy atom. The van der Waals surface area contributed by atoms with Crippen molar-refractivity contribution in [3.8, 4) is 55.7 Å². The molecule has 3 heterocycles. The maximum atomic E-state index is 6.47. The summed E-state index contributed by atoms with van der Waals surface area (Å²) in [5.74, 6) is 1.85. The minimum atomic E-state index is -0.136. The van der Waals surface area contributed by atoms with E-state index in [0.717, 1.165) is 38.6 Å². The molecule has 0 radical (unpaired) electrons. The molecule has 3 aromatic heterocycles. The third-order valence-electron chi connectivity index (χ3n) is 9.98. The predicted molar refractivity (Wildman–Crippen MR) is 202 cm³/mol. The van der Waals surface area contributed by atoms with Crippen molar-refractivity contribution in [1.29, 1.82) is 0 Å². The molecule has 0 saturated carbocycles. The Morgan fingerprint density at radius 1 is 0.531 bits per heavy atom. The predicted octanol–water partition coefficient (Wildman–Crippen LogP) is 12.0. The van der Waals surface area contributed by atoms with E-state index in [0.29, 0.717) is 17.5 Å². The Kier molecular flexibility index (Phi) is 6.05. The molecule has 5 heteroatoms. The fourth-order valence-electron chi connectivity index (χ4n) is 7.52. The number of rotatable bonds is 4. The van der Waals surface area contributed by atoms with Gasteiger partial charge in [-0.25, -0.2) is 15.0 Å². The zero-order chi connectivity index (χ0) is 32.7. The first-order valence-corrected chi connectivity index (χ1v) is 17.3. The monoisotopic (exact) mass is 647 g/mol. The van der Waals surface area contributed by atoms with Crippen LogP contribution in [0.3, 0.4) is 0 Å². The number of furan rings is 1. The lowest BCUT2D eigenvalue weighted by Gasteiger charge is -2.21. The van der Waals surface area contributed by atoms with E-state index in [4.69, 9.17) is 19.4 Å². The number of fused-ring (bicyclic) bond motifs is 7. The smallest absolute Gasteiger partial charge is 0.167 e. The molecule has 0 spiro atoms. The van der Waals surface area contributed by atoms with E-state index in [-0.39, 0.29) is 5.41 Å². The second kappa shape index (κ2) is 10.5. The van der Waals surface area contributed by atoms with Crippen molar-refractivity contribution in [3.63, 3.8) is 0 Å². The van der Waals surface area contributed by atoms with E-state index >= 15 is 0 Å². The summed E-state index contributed by atoms with van der Waals surface area (Å²) in [4.78, 5) is 16.8. The molecule has 4 nitrogen and oxygen atoms in total. The van der Waals surface area contributed by atoms with Crippen molar-refractivity contribution >= 4 is 43.4 Å². The van der Waals surface area contributed by atoms with Gasteiger partial charge in [0.1, 0.15) is 11.2 Å². The van der Waals surface area contributed by atoms with Crippen LogP contribution >= 0.6 is 11.3 Å². The molecule has 1 aliphatic rings. The molecule has 0 fully saturated rings. The standard InChI is InChI=1S/C44H29N3OS/c1-44(2)34-17-6-4-13-31(34)39-32(15-10-18-35(39)44)42-45-41(27-23-21-26(22-24-27)38-25-28-11-3-8-20-37(28)49-38)46-43(47-42)33-16-9-14-30-29-12-5-7-19-36(29)48-40(30)33/h3-25H,1-2H3. The molecule has 0 atom stereocenters. The van der Waals surface area contributed by atoms with Gasteiger partial charge in [-0.3, -0.25) is 0 Å². The van der Waals surface area contributed by atoms with Gasteiger partial charge >= 0.3 is 0 Å². The van der Waals surface area contributed by atoms with Gasteiger partial charge in [-0.2, -0.15) is 0 Å². The van der Waals surface area contributed by atoms with E-state index in [1.165, 1.54) is 42.8 Å². The lowest BCUT2D eigenvalue weighted by Crippen LogP contribution is -2.14. The Morgan fingerprint density at radius 3 is 2.04 bits per heavy atom. The third kappa shape index (κ3) is 4.32. The average molecular weight is 648 g/mol. The molecule has 9 aromatic rings. The van der Waals surface area contributed by atoms with Crippen molar-refractivity contribution in [1.82, 2.24) is 15.0 Å². The van der Waals surface area contributed by atoms with Gasteiger partial charge in [-0.05, 0) is 57.5 Å². The zero-order valence-electron chi connectivity index (χ0n) is 26.9. The largest absolute Gasteiger partial charge is 0.455 e. The highest BCUT2D eigenvalue weighted by Gasteiger charge is 2.37. The molecule has 0 bridgehead atoms. The van der Waals surface area contributed by atoms with Crippen LogP contribution in [0, 0.1) is 0 Å². The number of thiophene rings is 1. The van der Waals surface area contributed by atoms with Gasteiger partial charge in [0.2, 0.25) is 0 Å². The summed E-state index contributed by atoms with van der Waals surface area (Å²) in [5.41, 5.74) is 10.4. The molecule has 1 aliphatic carbocycles. The summed E-state index contributed by atoms with van der Waals surface area (Å²) in [6, 6.07) is 48.9. The van der Waals surface area contributed by atoms with Crippen LogP contribution in [0.4, 0.5) is 0 Å². The highest BCUT2D eigenvalue weighted by molar-refractivity contribution is 7.22. The number of hydrogen-bond donors (Lipinski definition) is 0. The fraction of sp³-hybridized carbons (Fsp3) is 0.0682. The third-order valence-corrected chi connectivity index (χ3v) is 11.1. The maximum Gasteiger partial charge on any atom is 0.167 e. The van der Waals surface area contributed by atoms with Crippen molar-refractivity contribution < 1.29 is 4.42 Å². The van der Waals surface area contributed by atoms with Gasteiger partial charge < -0.3 is 4.42 Å². The first-order chi connectivity index (χ1) is 24.0. The summed E-state index contributed by atoms with van der Waals surface area (Å²) in [7, 11) is 0. The number of benzene rings is 6. The lowest BCUT2D eigenvalue weighted by molar-refractivity contribution is 0.660. The average Bonchev–Trinajstić information content (AvgIpc) is 3.82. The van der Waals surface area contributed by atoms with Crippen molar-refractivity contribution in [3.05, 3.63) is 151 Å². The van der Waals surface area contributed by atoms with E-state index in [2.05, 4.69) is 129 Å². The van der Waals surface area contributed by atoms with Gasteiger partial charge in [0.05, 0.1) is 5.56 Å². The molecule has 0 aliphatic heterocycles. The summed E-state index contributed by atoms with van der Waals surface area (Å²) in [6.07, 6.45) is 0. The highest BCUT2D eigenvalue weighted by atomic mass is 32.1. The topological polar surface area (TPSA) is 51.8 Å². The first-order valence-electron chi connectivity index (χ1n) is 16.5. The zero-order valence-corrected chi connectivity index (χ0v) is 27.8. The number of hydrogen-bond acceptors (Lipinski definition) is 5. The van der Waals surface area contributed by atoms with Crippen LogP contribution < -0.4 is 0 Å². The lowest BCUT2D eigenvalue weighted by atomic mass is 9.82. The van der Waals surface area contributed by atoms with Gasteiger partial charge in [0, 0.05) is 36.9 Å². The fourth-order valence-corrected chi connectivity index (χ4v) is 8.59. The molecule has 0 N–H and O–H groups in total. The number of nitrogens with zero attached hydrogens (tertiary/aromatic N) is 3. The minimum Gasteiger partial charge on any atom is -0.455 e. The highest BCUT2D eigenvalue weighted by Crippen LogP contribution is 2.51. The van der Waals surface area contributed by atoms with Crippen LogP contribution in [-0.2, 0) is 5.41 Å². The van der Waals surface area contributed by atoms with Gasteiger partial charge in [-0.1, -0.05) is 129 Å². The van der Waals surface area contributed by atoms with Crippen LogP contribution in [0.2, 0.25) is 0 Å². The minimum absolute atomic E-state index is 0.136.